The Labute approximate surface area is 145 Å². The third-order valence-corrected chi connectivity index (χ3v) is 3.85. The molecule has 0 bridgehead atoms. The number of hydrogen-bond donors (Lipinski definition) is 1. The maximum Gasteiger partial charge on any atom is 0.271 e. The number of hydrogen-bond acceptors (Lipinski definition) is 5. The lowest BCUT2D eigenvalue weighted by Crippen LogP contribution is -2.19. The van der Waals surface area contributed by atoms with Crippen molar-refractivity contribution in [2.45, 2.75) is 20.3 Å². The van der Waals surface area contributed by atoms with E-state index in [2.05, 4.69) is 45.1 Å². The van der Waals surface area contributed by atoms with Gasteiger partial charge in [0.15, 0.2) is 0 Å². The van der Waals surface area contributed by atoms with Crippen LogP contribution in [0.15, 0.2) is 60.0 Å². The number of hydrazone groups is 1. The molecule has 3 aromatic rings. The van der Waals surface area contributed by atoms with Gasteiger partial charge in [-0.25, -0.2) is 10.1 Å². The van der Waals surface area contributed by atoms with Crippen molar-refractivity contribution in [1.82, 2.24) is 25.6 Å². The number of amides is 1. The van der Waals surface area contributed by atoms with Gasteiger partial charge in [0.25, 0.3) is 5.91 Å². The highest BCUT2D eigenvalue weighted by molar-refractivity contribution is 6.00. The number of aromatic nitrogens is 4. The number of tetrazole rings is 1. The molecule has 25 heavy (non-hydrogen) atoms. The first-order chi connectivity index (χ1) is 12.2. The van der Waals surface area contributed by atoms with Gasteiger partial charge in [0, 0.05) is 5.56 Å². The first kappa shape index (κ1) is 16.5. The quantitative estimate of drug-likeness (QED) is 0.573. The summed E-state index contributed by atoms with van der Waals surface area (Å²) in [6.45, 7) is 3.98. The molecule has 0 aliphatic carbocycles. The molecule has 0 radical (unpaired) electrons. The minimum absolute atomic E-state index is 0.271. The zero-order chi connectivity index (χ0) is 17.6. The topological polar surface area (TPSA) is 85.1 Å². The van der Waals surface area contributed by atoms with Crippen LogP contribution in [-0.2, 0) is 6.42 Å². The second kappa shape index (κ2) is 7.48. The van der Waals surface area contributed by atoms with Crippen molar-refractivity contribution in [3.8, 4) is 5.69 Å². The average molecular weight is 334 g/mol. The molecule has 0 fully saturated rings. The van der Waals surface area contributed by atoms with Crippen LogP contribution in [0.2, 0.25) is 0 Å². The number of nitrogens with one attached hydrogen (secondary N) is 1. The van der Waals surface area contributed by atoms with Crippen molar-refractivity contribution in [2.24, 2.45) is 5.10 Å². The Hall–Kier alpha value is -3.35. The lowest BCUT2D eigenvalue weighted by Gasteiger charge is -2.05. The molecule has 7 heteroatoms. The molecule has 0 spiro atoms. The Bertz CT molecular complexity index is 867. The minimum atomic E-state index is -0.271. The first-order valence-corrected chi connectivity index (χ1v) is 7.94. The summed E-state index contributed by atoms with van der Waals surface area (Å²) >= 11 is 0. The fourth-order valence-corrected chi connectivity index (χ4v) is 2.29. The van der Waals surface area contributed by atoms with Gasteiger partial charge in [-0.15, -0.1) is 5.10 Å². The van der Waals surface area contributed by atoms with Crippen LogP contribution in [0.1, 0.15) is 35.3 Å². The summed E-state index contributed by atoms with van der Waals surface area (Å²) in [6, 6.07) is 15.1. The molecule has 2 aromatic carbocycles. The van der Waals surface area contributed by atoms with E-state index in [1.807, 2.05) is 19.1 Å². The molecule has 3 rings (SSSR count). The third-order valence-electron chi connectivity index (χ3n) is 3.85. The van der Waals surface area contributed by atoms with Crippen LogP contribution in [0.25, 0.3) is 5.69 Å². The fraction of sp³-hybridized carbons (Fsp3) is 0.167. The van der Waals surface area contributed by atoms with Crippen LogP contribution in [0.5, 0.6) is 0 Å². The molecule has 1 aromatic heterocycles. The second-order valence-corrected chi connectivity index (χ2v) is 5.49. The molecule has 0 unspecified atom stereocenters. The molecule has 7 nitrogen and oxygen atoms in total. The van der Waals surface area contributed by atoms with E-state index in [9.17, 15) is 4.79 Å². The largest absolute Gasteiger partial charge is 0.271 e. The van der Waals surface area contributed by atoms with Gasteiger partial charge in [-0.2, -0.15) is 5.10 Å². The normalized spacial score (nSPS) is 11.4. The van der Waals surface area contributed by atoms with Gasteiger partial charge in [-0.05, 0) is 59.2 Å². The molecule has 126 valence electrons. The van der Waals surface area contributed by atoms with E-state index in [-0.39, 0.29) is 5.91 Å². The summed E-state index contributed by atoms with van der Waals surface area (Å²) in [4.78, 5) is 12.2. The molecule has 0 saturated heterocycles. The minimum Gasteiger partial charge on any atom is -0.267 e. The van der Waals surface area contributed by atoms with Gasteiger partial charge >= 0.3 is 0 Å². The van der Waals surface area contributed by atoms with E-state index >= 15 is 0 Å². The Morgan fingerprint density at radius 3 is 2.36 bits per heavy atom. The standard InChI is InChI=1S/C18H18N6O/c1-3-14-4-6-15(7-5-14)13(2)20-21-18(25)16-8-10-17(11-9-16)24-12-19-22-23-24/h4-12H,3H2,1-2H3,(H,21,25)/b20-13+. The smallest absolute Gasteiger partial charge is 0.267 e. The van der Waals surface area contributed by atoms with Crippen LogP contribution in [0.4, 0.5) is 0 Å². The van der Waals surface area contributed by atoms with E-state index < -0.39 is 0 Å². The highest BCUT2D eigenvalue weighted by atomic mass is 16.2. The Balaban J connectivity index is 1.66. The highest BCUT2D eigenvalue weighted by Crippen LogP contribution is 2.08. The van der Waals surface area contributed by atoms with Crippen molar-refractivity contribution in [3.63, 3.8) is 0 Å². The predicted molar refractivity (Wildman–Crippen MR) is 94.7 cm³/mol. The zero-order valence-electron chi connectivity index (χ0n) is 14.0. The summed E-state index contributed by atoms with van der Waals surface area (Å²) in [6.07, 6.45) is 2.49. The summed E-state index contributed by atoms with van der Waals surface area (Å²) in [7, 11) is 0. The van der Waals surface area contributed by atoms with E-state index in [0.717, 1.165) is 23.4 Å². The lowest BCUT2D eigenvalue weighted by molar-refractivity contribution is 0.0955. The van der Waals surface area contributed by atoms with Gasteiger partial charge < -0.3 is 0 Å². The number of rotatable bonds is 5. The van der Waals surface area contributed by atoms with E-state index in [1.54, 1.807) is 24.3 Å². The van der Waals surface area contributed by atoms with Gasteiger partial charge in [-0.1, -0.05) is 31.2 Å². The molecule has 1 amide bonds. The fourth-order valence-electron chi connectivity index (χ4n) is 2.29. The summed E-state index contributed by atoms with van der Waals surface area (Å²) in [5.41, 5.74) is 6.86. The number of benzene rings is 2. The van der Waals surface area contributed by atoms with Crippen LogP contribution in [-0.4, -0.2) is 31.8 Å². The van der Waals surface area contributed by atoms with Crippen LogP contribution in [0, 0.1) is 0 Å². The number of aryl methyl sites for hydroxylation is 1. The van der Waals surface area contributed by atoms with E-state index in [1.165, 1.54) is 16.6 Å². The predicted octanol–water partition coefficient (Wildman–Crippen LogP) is 2.38. The zero-order valence-corrected chi connectivity index (χ0v) is 14.0. The monoisotopic (exact) mass is 334 g/mol. The van der Waals surface area contributed by atoms with E-state index in [4.69, 9.17) is 0 Å². The average Bonchev–Trinajstić information content (AvgIpc) is 3.21. The van der Waals surface area contributed by atoms with Crippen molar-refractivity contribution in [2.75, 3.05) is 0 Å². The Morgan fingerprint density at radius 1 is 1.08 bits per heavy atom. The molecule has 0 aliphatic rings. The van der Waals surface area contributed by atoms with Crippen molar-refractivity contribution in [1.29, 1.82) is 0 Å². The van der Waals surface area contributed by atoms with Crippen LogP contribution >= 0.6 is 0 Å². The SMILES string of the molecule is CCc1ccc(/C(C)=N/NC(=O)c2ccc(-n3cnnn3)cc2)cc1. The molecule has 0 saturated carbocycles. The first-order valence-electron chi connectivity index (χ1n) is 7.94. The maximum absolute atomic E-state index is 12.2. The molecule has 0 atom stereocenters. The van der Waals surface area contributed by atoms with Crippen molar-refractivity contribution >= 4 is 11.6 Å². The van der Waals surface area contributed by atoms with Crippen LogP contribution < -0.4 is 5.43 Å². The van der Waals surface area contributed by atoms with Crippen molar-refractivity contribution < 1.29 is 4.79 Å². The summed E-state index contributed by atoms with van der Waals surface area (Å²) in [5.74, 6) is -0.271. The Kier molecular flexibility index (Phi) is 4.94. The summed E-state index contributed by atoms with van der Waals surface area (Å²) < 4.78 is 1.52. The van der Waals surface area contributed by atoms with Crippen LogP contribution in [0.3, 0.4) is 0 Å². The molecular formula is C18H18N6O. The number of carbonyl (C=O) groups excluding carboxylic acids is 1. The second-order valence-electron chi connectivity index (χ2n) is 5.49. The van der Waals surface area contributed by atoms with Gasteiger partial charge in [0.05, 0.1) is 11.4 Å². The van der Waals surface area contributed by atoms with E-state index in [0.29, 0.717) is 5.56 Å². The Morgan fingerprint density at radius 2 is 1.76 bits per heavy atom. The molecule has 1 heterocycles. The molecule has 1 N–H and O–H groups in total. The van der Waals surface area contributed by atoms with Gasteiger partial charge in [0.2, 0.25) is 0 Å². The maximum atomic E-state index is 12.2. The van der Waals surface area contributed by atoms with Crippen molar-refractivity contribution in [3.05, 3.63) is 71.5 Å². The van der Waals surface area contributed by atoms with Gasteiger partial charge in [0.1, 0.15) is 6.33 Å². The lowest BCUT2D eigenvalue weighted by atomic mass is 10.1. The van der Waals surface area contributed by atoms with Gasteiger partial charge in [-0.3, -0.25) is 4.79 Å². The highest BCUT2D eigenvalue weighted by Gasteiger charge is 2.06. The summed E-state index contributed by atoms with van der Waals surface area (Å²) in [5, 5.41) is 15.1. The molecule has 0 aliphatic heterocycles. The number of carbonyl (C=O) groups is 1. The molecular weight excluding hydrogens is 316 g/mol. The third kappa shape index (κ3) is 3.95. The number of nitrogens with zero attached hydrogens (tertiary/aromatic N) is 5.